The van der Waals surface area contributed by atoms with Gasteiger partial charge in [-0.15, -0.1) is 0 Å². The number of carbonyl (C=O) groups is 2. The van der Waals surface area contributed by atoms with Gasteiger partial charge in [-0.05, 0) is 17.5 Å². The topological polar surface area (TPSA) is 76.1 Å². The summed E-state index contributed by atoms with van der Waals surface area (Å²) in [6.45, 7) is 0.102. The zero-order chi connectivity index (χ0) is 16.2. The molecule has 5 nitrogen and oxygen atoms in total. The third-order valence-corrected chi connectivity index (χ3v) is 3.53. The number of nitrogens with two attached hydrogens (primary N) is 1. The van der Waals surface area contributed by atoms with Crippen molar-refractivity contribution >= 4 is 28.3 Å². The molecule has 0 unspecified atom stereocenters. The average molecular weight is 306 g/mol. The number of amides is 2. The van der Waals surface area contributed by atoms with Gasteiger partial charge >= 0.3 is 0 Å². The highest BCUT2D eigenvalue weighted by Crippen LogP contribution is 2.22. The molecule has 1 heterocycles. The van der Waals surface area contributed by atoms with Crippen molar-refractivity contribution in [3.63, 3.8) is 0 Å². The molecule has 5 heteroatoms. The van der Waals surface area contributed by atoms with Gasteiger partial charge < -0.3 is 11.1 Å². The van der Waals surface area contributed by atoms with Crippen molar-refractivity contribution in [2.75, 3.05) is 5.32 Å². The molecule has 0 atom stereocenters. The Bertz CT molecular complexity index is 885. The van der Waals surface area contributed by atoms with E-state index >= 15 is 0 Å². The molecule has 0 bridgehead atoms. The molecule has 2 aromatic carbocycles. The quantitative estimate of drug-likeness (QED) is 0.722. The second-order valence-electron chi connectivity index (χ2n) is 5.20. The summed E-state index contributed by atoms with van der Waals surface area (Å²) in [6, 6.07) is 16.9. The van der Waals surface area contributed by atoms with Crippen LogP contribution in [0.2, 0.25) is 0 Å². The Morgan fingerprint density at radius 3 is 2.61 bits per heavy atom. The van der Waals surface area contributed by atoms with E-state index in [0.29, 0.717) is 5.56 Å². The second kappa shape index (κ2) is 6.27. The number of fused-ring (bicyclic) bond motifs is 1. The highest BCUT2D eigenvalue weighted by atomic mass is 16.2. The first-order chi connectivity index (χ1) is 11.1. The molecule has 23 heavy (non-hydrogen) atoms. The van der Waals surface area contributed by atoms with Crippen molar-refractivity contribution in [3.8, 4) is 0 Å². The molecule has 3 aromatic rings. The molecule has 114 valence electrons. The van der Waals surface area contributed by atoms with E-state index in [-0.39, 0.29) is 12.5 Å². The van der Waals surface area contributed by atoms with Crippen LogP contribution in [0, 0.1) is 0 Å². The molecular weight excluding hydrogens is 290 g/mol. The maximum Gasteiger partial charge on any atom is 0.290 e. The van der Waals surface area contributed by atoms with Gasteiger partial charge in [-0.2, -0.15) is 4.57 Å². The number of carbonyl (C=O) groups excluding carboxylic acids is 2. The molecule has 0 aliphatic heterocycles. The van der Waals surface area contributed by atoms with Gasteiger partial charge in [0.1, 0.15) is 5.56 Å². The van der Waals surface area contributed by atoms with Crippen LogP contribution in [0.4, 0.5) is 5.69 Å². The number of hydrogen-bond donors (Lipinski definition) is 2. The fourth-order valence-corrected chi connectivity index (χ4v) is 2.46. The average Bonchev–Trinajstić information content (AvgIpc) is 2.55. The summed E-state index contributed by atoms with van der Waals surface area (Å²) < 4.78 is 1.63. The van der Waals surface area contributed by atoms with Crippen LogP contribution in [0.15, 0.2) is 67.0 Å². The maximum atomic E-state index is 12.3. The minimum atomic E-state index is -0.520. The molecule has 3 rings (SSSR count). The normalized spacial score (nSPS) is 10.4. The van der Waals surface area contributed by atoms with E-state index in [1.807, 2.05) is 42.5 Å². The van der Waals surface area contributed by atoms with Crippen molar-refractivity contribution in [1.82, 2.24) is 0 Å². The van der Waals surface area contributed by atoms with Gasteiger partial charge in [-0.25, -0.2) is 0 Å². The Hall–Kier alpha value is -3.21. The number of aromatic nitrogens is 1. The van der Waals surface area contributed by atoms with Gasteiger partial charge in [0.05, 0.1) is 0 Å². The SMILES string of the molecule is NC(=O)c1ccc[n+](CC(=O)Nc2cccc3ccccc23)c1. The van der Waals surface area contributed by atoms with E-state index in [4.69, 9.17) is 5.73 Å². The number of primary amides is 1. The number of rotatable bonds is 4. The molecule has 0 aliphatic carbocycles. The van der Waals surface area contributed by atoms with Crippen molar-refractivity contribution in [1.29, 1.82) is 0 Å². The Labute approximate surface area is 133 Å². The Balaban J connectivity index is 1.79. The van der Waals surface area contributed by atoms with Crippen LogP contribution >= 0.6 is 0 Å². The van der Waals surface area contributed by atoms with Crippen molar-refractivity contribution in [2.24, 2.45) is 5.73 Å². The summed E-state index contributed by atoms with van der Waals surface area (Å²) in [7, 11) is 0. The lowest BCUT2D eigenvalue weighted by molar-refractivity contribution is -0.684. The third kappa shape index (κ3) is 3.35. The predicted octanol–water partition coefficient (Wildman–Crippen LogP) is 1.86. The monoisotopic (exact) mass is 306 g/mol. The Morgan fingerprint density at radius 2 is 1.78 bits per heavy atom. The summed E-state index contributed by atoms with van der Waals surface area (Å²) in [5.74, 6) is -0.693. The van der Waals surface area contributed by atoms with Crippen LogP contribution in [0.5, 0.6) is 0 Å². The largest absolute Gasteiger partial charge is 0.365 e. The van der Waals surface area contributed by atoms with Gasteiger partial charge in [0.2, 0.25) is 6.54 Å². The molecule has 0 fully saturated rings. The fraction of sp³-hybridized carbons (Fsp3) is 0.0556. The molecule has 0 saturated heterocycles. The summed E-state index contributed by atoms with van der Waals surface area (Å²) in [6.07, 6.45) is 3.28. The Morgan fingerprint density at radius 1 is 1.00 bits per heavy atom. The molecule has 0 aliphatic rings. The lowest BCUT2D eigenvalue weighted by Gasteiger charge is -2.07. The van der Waals surface area contributed by atoms with E-state index in [2.05, 4.69) is 5.32 Å². The highest BCUT2D eigenvalue weighted by molar-refractivity contribution is 6.01. The van der Waals surface area contributed by atoms with Gasteiger partial charge in [-0.3, -0.25) is 9.59 Å². The molecular formula is C18H16N3O2+. The smallest absolute Gasteiger partial charge is 0.290 e. The predicted molar refractivity (Wildman–Crippen MR) is 87.7 cm³/mol. The first-order valence-electron chi connectivity index (χ1n) is 7.20. The fourth-order valence-electron chi connectivity index (χ4n) is 2.46. The minimum Gasteiger partial charge on any atom is -0.365 e. The van der Waals surface area contributed by atoms with Crippen molar-refractivity contribution in [2.45, 2.75) is 6.54 Å². The molecule has 0 spiro atoms. The van der Waals surface area contributed by atoms with Gasteiger partial charge in [0, 0.05) is 17.1 Å². The number of hydrogen-bond acceptors (Lipinski definition) is 2. The first kappa shape index (κ1) is 14.7. The van der Waals surface area contributed by atoms with Crippen LogP contribution < -0.4 is 15.6 Å². The zero-order valence-corrected chi connectivity index (χ0v) is 12.4. The van der Waals surface area contributed by atoms with E-state index in [9.17, 15) is 9.59 Å². The molecule has 0 radical (unpaired) electrons. The van der Waals surface area contributed by atoms with Crippen molar-refractivity contribution in [3.05, 3.63) is 72.6 Å². The van der Waals surface area contributed by atoms with Crippen molar-refractivity contribution < 1.29 is 14.2 Å². The van der Waals surface area contributed by atoms with E-state index in [0.717, 1.165) is 16.5 Å². The van der Waals surface area contributed by atoms with E-state index in [1.54, 1.807) is 29.1 Å². The second-order valence-corrected chi connectivity index (χ2v) is 5.20. The van der Waals surface area contributed by atoms with Crippen LogP contribution in [0.3, 0.4) is 0 Å². The molecule has 3 N–H and O–H groups in total. The molecule has 1 aromatic heterocycles. The Kier molecular flexibility index (Phi) is 4.01. The van der Waals surface area contributed by atoms with Crippen LogP contribution in [0.1, 0.15) is 10.4 Å². The van der Waals surface area contributed by atoms with Crippen LogP contribution in [-0.2, 0) is 11.3 Å². The van der Waals surface area contributed by atoms with Crippen LogP contribution in [-0.4, -0.2) is 11.8 Å². The van der Waals surface area contributed by atoms with Crippen LogP contribution in [0.25, 0.3) is 10.8 Å². The first-order valence-corrected chi connectivity index (χ1v) is 7.20. The highest BCUT2D eigenvalue weighted by Gasteiger charge is 2.13. The molecule has 2 amide bonds. The lowest BCUT2D eigenvalue weighted by Crippen LogP contribution is -2.40. The van der Waals surface area contributed by atoms with E-state index < -0.39 is 5.91 Å². The maximum absolute atomic E-state index is 12.3. The number of nitrogens with zero attached hydrogens (tertiary/aromatic N) is 1. The third-order valence-electron chi connectivity index (χ3n) is 3.53. The molecule has 0 saturated carbocycles. The number of nitrogens with one attached hydrogen (secondary N) is 1. The summed E-state index contributed by atoms with van der Waals surface area (Å²) in [5.41, 5.74) is 6.38. The van der Waals surface area contributed by atoms with Gasteiger partial charge in [0.25, 0.3) is 11.8 Å². The zero-order valence-electron chi connectivity index (χ0n) is 12.4. The standard InChI is InChI=1S/C18H15N3O2/c19-18(23)14-7-4-10-21(11-14)12-17(22)20-16-9-3-6-13-5-1-2-8-15(13)16/h1-11H,12H2,(H2-,19,20,22,23)/p+1. The summed E-state index contributed by atoms with van der Waals surface area (Å²) >= 11 is 0. The summed E-state index contributed by atoms with van der Waals surface area (Å²) in [5, 5.41) is 4.96. The lowest BCUT2D eigenvalue weighted by atomic mass is 10.1. The number of pyridine rings is 1. The van der Waals surface area contributed by atoms with Gasteiger partial charge in [-0.1, -0.05) is 36.4 Å². The van der Waals surface area contributed by atoms with E-state index in [1.165, 1.54) is 0 Å². The number of anilines is 1. The van der Waals surface area contributed by atoms with Gasteiger partial charge in [0.15, 0.2) is 12.4 Å². The minimum absolute atomic E-state index is 0.102. The summed E-state index contributed by atoms with van der Waals surface area (Å²) in [4.78, 5) is 23.4. The number of benzene rings is 2.